The van der Waals surface area contributed by atoms with E-state index in [0.717, 1.165) is 22.9 Å². The van der Waals surface area contributed by atoms with Crippen LogP contribution < -0.4 is 10.6 Å². The third-order valence-electron chi connectivity index (χ3n) is 4.32. The van der Waals surface area contributed by atoms with Gasteiger partial charge in [-0.15, -0.1) is 0 Å². The Morgan fingerprint density at radius 2 is 1.96 bits per heavy atom. The van der Waals surface area contributed by atoms with Crippen molar-refractivity contribution in [1.29, 1.82) is 0 Å². The number of aryl methyl sites for hydroxylation is 1. The standard InChI is InChI=1S/C20H28BrN3O4/c1-13-11-14(21)8-9-15(13)23-17(25)12-22-18(26)16-7-5-6-10-24(16)19(27)28-20(2,3)4/h8-9,11,16H,5-7,10,12H2,1-4H3,(H,22,26)(H,23,25). The molecular weight excluding hydrogens is 426 g/mol. The summed E-state index contributed by atoms with van der Waals surface area (Å²) in [7, 11) is 0. The largest absolute Gasteiger partial charge is 0.444 e. The van der Waals surface area contributed by atoms with Crippen molar-refractivity contribution in [3.05, 3.63) is 28.2 Å². The van der Waals surface area contributed by atoms with Crippen LogP contribution in [0.15, 0.2) is 22.7 Å². The van der Waals surface area contributed by atoms with E-state index in [2.05, 4.69) is 26.6 Å². The van der Waals surface area contributed by atoms with Crippen LogP contribution >= 0.6 is 15.9 Å². The molecule has 3 amide bonds. The molecule has 1 atom stereocenters. The van der Waals surface area contributed by atoms with Crippen LogP contribution in [-0.2, 0) is 14.3 Å². The molecule has 7 nitrogen and oxygen atoms in total. The molecule has 2 rings (SSSR count). The van der Waals surface area contributed by atoms with Gasteiger partial charge in [0.2, 0.25) is 11.8 Å². The van der Waals surface area contributed by atoms with Crippen molar-refractivity contribution < 1.29 is 19.1 Å². The van der Waals surface area contributed by atoms with E-state index >= 15 is 0 Å². The Kier molecular flexibility index (Phi) is 7.46. The molecule has 1 aromatic rings. The van der Waals surface area contributed by atoms with Crippen molar-refractivity contribution in [3.8, 4) is 0 Å². The molecule has 0 spiro atoms. The minimum Gasteiger partial charge on any atom is -0.444 e. The molecule has 154 valence electrons. The van der Waals surface area contributed by atoms with Gasteiger partial charge < -0.3 is 15.4 Å². The molecule has 0 radical (unpaired) electrons. The van der Waals surface area contributed by atoms with Crippen LogP contribution in [0.2, 0.25) is 0 Å². The molecule has 0 bridgehead atoms. The quantitative estimate of drug-likeness (QED) is 0.728. The number of hydrogen-bond donors (Lipinski definition) is 2. The van der Waals surface area contributed by atoms with Crippen LogP contribution in [0.25, 0.3) is 0 Å². The Bertz CT molecular complexity index is 745. The Hall–Kier alpha value is -2.09. The van der Waals surface area contributed by atoms with Crippen LogP contribution in [0.5, 0.6) is 0 Å². The first-order valence-corrected chi connectivity index (χ1v) is 10.2. The first-order chi connectivity index (χ1) is 13.1. The molecule has 1 fully saturated rings. The molecule has 1 aromatic carbocycles. The van der Waals surface area contributed by atoms with Crippen molar-refractivity contribution in [1.82, 2.24) is 10.2 Å². The monoisotopic (exact) mass is 453 g/mol. The zero-order valence-corrected chi connectivity index (χ0v) is 18.4. The number of ether oxygens (including phenoxy) is 1. The maximum atomic E-state index is 12.6. The number of nitrogens with one attached hydrogen (secondary N) is 2. The molecule has 8 heteroatoms. The van der Waals surface area contributed by atoms with Crippen LogP contribution in [0.3, 0.4) is 0 Å². The number of hydrogen-bond acceptors (Lipinski definition) is 4. The van der Waals surface area contributed by atoms with Crippen LogP contribution in [-0.4, -0.2) is 47.5 Å². The summed E-state index contributed by atoms with van der Waals surface area (Å²) in [6.07, 6.45) is 1.73. The minimum atomic E-state index is -0.627. The molecule has 0 saturated carbocycles. The van der Waals surface area contributed by atoms with Crippen molar-refractivity contribution in [2.24, 2.45) is 0 Å². The zero-order chi connectivity index (χ0) is 20.9. The Morgan fingerprint density at radius 1 is 1.25 bits per heavy atom. The van der Waals surface area contributed by atoms with E-state index in [1.165, 1.54) is 4.90 Å². The van der Waals surface area contributed by atoms with E-state index in [0.29, 0.717) is 18.7 Å². The average molecular weight is 454 g/mol. The fraction of sp³-hybridized carbons (Fsp3) is 0.550. The topological polar surface area (TPSA) is 87.7 Å². The van der Waals surface area contributed by atoms with E-state index in [4.69, 9.17) is 4.74 Å². The second kappa shape index (κ2) is 9.41. The number of nitrogens with zero attached hydrogens (tertiary/aromatic N) is 1. The van der Waals surface area contributed by atoms with E-state index < -0.39 is 17.7 Å². The first kappa shape index (κ1) is 22.2. The van der Waals surface area contributed by atoms with Gasteiger partial charge in [-0.1, -0.05) is 15.9 Å². The summed E-state index contributed by atoms with van der Waals surface area (Å²) in [4.78, 5) is 38.7. The van der Waals surface area contributed by atoms with Gasteiger partial charge >= 0.3 is 6.09 Å². The lowest BCUT2D eigenvalue weighted by Crippen LogP contribution is -2.53. The number of rotatable bonds is 4. The van der Waals surface area contributed by atoms with Gasteiger partial charge in [-0.2, -0.15) is 0 Å². The Balaban J connectivity index is 1.92. The molecule has 0 aromatic heterocycles. The summed E-state index contributed by atoms with van der Waals surface area (Å²) in [6.45, 7) is 7.57. The number of piperidine rings is 1. The highest BCUT2D eigenvalue weighted by molar-refractivity contribution is 9.10. The smallest absolute Gasteiger partial charge is 0.410 e. The predicted octanol–water partition coefficient (Wildman–Crippen LogP) is 3.60. The molecule has 28 heavy (non-hydrogen) atoms. The van der Waals surface area contributed by atoms with Crippen LogP contribution in [0, 0.1) is 6.92 Å². The predicted molar refractivity (Wildman–Crippen MR) is 111 cm³/mol. The fourth-order valence-corrected chi connectivity index (χ4v) is 3.47. The van der Waals surface area contributed by atoms with Gasteiger partial charge in [0.15, 0.2) is 0 Å². The molecule has 1 heterocycles. The highest BCUT2D eigenvalue weighted by Crippen LogP contribution is 2.21. The Morgan fingerprint density at radius 3 is 2.61 bits per heavy atom. The molecule has 1 unspecified atom stereocenters. The molecule has 1 aliphatic heterocycles. The summed E-state index contributed by atoms with van der Waals surface area (Å²) in [6, 6.07) is 4.91. The second-order valence-electron chi connectivity index (χ2n) is 7.91. The number of halogens is 1. The summed E-state index contributed by atoms with van der Waals surface area (Å²) in [5.74, 6) is -0.661. The van der Waals surface area contributed by atoms with E-state index in [1.807, 2.05) is 19.1 Å². The number of carbonyl (C=O) groups excluding carboxylic acids is 3. The number of carbonyl (C=O) groups is 3. The summed E-state index contributed by atoms with van der Waals surface area (Å²) >= 11 is 3.38. The van der Waals surface area contributed by atoms with Gasteiger partial charge in [0, 0.05) is 16.7 Å². The number of anilines is 1. The first-order valence-electron chi connectivity index (χ1n) is 9.40. The zero-order valence-electron chi connectivity index (χ0n) is 16.8. The Labute approximate surface area is 174 Å². The normalized spacial score (nSPS) is 17.0. The summed E-state index contributed by atoms with van der Waals surface area (Å²) in [5, 5.41) is 5.42. The lowest BCUT2D eigenvalue weighted by atomic mass is 10.0. The molecule has 1 aliphatic rings. The molecular formula is C20H28BrN3O4. The summed E-state index contributed by atoms with van der Waals surface area (Å²) in [5.41, 5.74) is 0.978. The van der Waals surface area contributed by atoms with E-state index in [-0.39, 0.29) is 18.4 Å². The number of likely N-dealkylation sites (tertiary alicyclic amines) is 1. The SMILES string of the molecule is Cc1cc(Br)ccc1NC(=O)CNC(=O)C1CCCCN1C(=O)OC(C)(C)C. The van der Waals surface area contributed by atoms with Gasteiger partial charge in [-0.3, -0.25) is 14.5 Å². The maximum absolute atomic E-state index is 12.6. The van der Waals surface area contributed by atoms with Crippen molar-refractivity contribution in [3.63, 3.8) is 0 Å². The maximum Gasteiger partial charge on any atom is 0.410 e. The van der Waals surface area contributed by atoms with Gasteiger partial charge in [-0.25, -0.2) is 4.79 Å². The van der Waals surface area contributed by atoms with Crippen molar-refractivity contribution >= 4 is 39.5 Å². The minimum absolute atomic E-state index is 0.160. The lowest BCUT2D eigenvalue weighted by molar-refractivity contribution is -0.129. The third kappa shape index (κ3) is 6.51. The highest BCUT2D eigenvalue weighted by atomic mass is 79.9. The lowest BCUT2D eigenvalue weighted by Gasteiger charge is -2.35. The average Bonchev–Trinajstić information content (AvgIpc) is 2.60. The van der Waals surface area contributed by atoms with Gasteiger partial charge in [-0.05, 0) is 70.7 Å². The van der Waals surface area contributed by atoms with E-state index in [9.17, 15) is 14.4 Å². The van der Waals surface area contributed by atoms with Crippen molar-refractivity contribution in [2.45, 2.75) is 58.6 Å². The molecule has 0 aliphatic carbocycles. The van der Waals surface area contributed by atoms with Crippen LogP contribution in [0.4, 0.5) is 10.5 Å². The second-order valence-corrected chi connectivity index (χ2v) is 8.83. The number of benzene rings is 1. The van der Waals surface area contributed by atoms with Crippen LogP contribution in [0.1, 0.15) is 45.6 Å². The molecule has 1 saturated heterocycles. The highest BCUT2D eigenvalue weighted by Gasteiger charge is 2.34. The number of amides is 3. The van der Waals surface area contributed by atoms with E-state index in [1.54, 1.807) is 26.8 Å². The van der Waals surface area contributed by atoms with Gasteiger partial charge in [0.1, 0.15) is 11.6 Å². The van der Waals surface area contributed by atoms with Gasteiger partial charge in [0.05, 0.1) is 6.54 Å². The third-order valence-corrected chi connectivity index (χ3v) is 4.81. The fourth-order valence-electron chi connectivity index (χ4n) is 2.99. The molecule has 2 N–H and O–H groups in total. The summed E-state index contributed by atoms with van der Waals surface area (Å²) < 4.78 is 6.34. The van der Waals surface area contributed by atoms with Gasteiger partial charge in [0.25, 0.3) is 0 Å². The van der Waals surface area contributed by atoms with Crippen molar-refractivity contribution in [2.75, 3.05) is 18.4 Å².